The van der Waals surface area contributed by atoms with E-state index < -0.39 is 18.6 Å². The highest BCUT2D eigenvalue weighted by atomic mass is 35.5. The molecule has 0 saturated carbocycles. The first kappa shape index (κ1) is 22.0. The first-order valence-corrected chi connectivity index (χ1v) is 11.3. The number of hydrogen-bond acceptors (Lipinski definition) is 4. The van der Waals surface area contributed by atoms with Crippen LogP contribution < -0.4 is 9.47 Å². The molecule has 6 nitrogen and oxygen atoms in total. The van der Waals surface area contributed by atoms with Gasteiger partial charge < -0.3 is 19.5 Å². The number of carboxylic acids is 1. The third-order valence-electron chi connectivity index (χ3n) is 6.07. The molecular formula is C27H22ClNO5. The second-order valence-corrected chi connectivity index (χ2v) is 8.65. The second kappa shape index (κ2) is 9.23. The summed E-state index contributed by atoms with van der Waals surface area (Å²) < 4.78 is 11.4. The number of hydrogen-bond donors (Lipinski definition) is 1. The van der Waals surface area contributed by atoms with E-state index in [4.69, 9.17) is 26.2 Å². The van der Waals surface area contributed by atoms with Crippen molar-refractivity contribution in [1.29, 1.82) is 0 Å². The van der Waals surface area contributed by atoms with E-state index in [-0.39, 0.29) is 12.5 Å². The van der Waals surface area contributed by atoms with Crippen LogP contribution in [-0.2, 0) is 16.0 Å². The van der Waals surface area contributed by atoms with Crippen molar-refractivity contribution in [3.05, 3.63) is 99.6 Å². The monoisotopic (exact) mass is 475 g/mol. The van der Waals surface area contributed by atoms with Crippen molar-refractivity contribution in [1.82, 2.24) is 4.90 Å². The topological polar surface area (TPSA) is 76.1 Å². The minimum atomic E-state index is -1.08. The number of fused-ring (bicyclic) bond motifs is 2. The van der Waals surface area contributed by atoms with Crippen molar-refractivity contribution in [2.24, 2.45) is 0 Å². The molecule has 2 heterocycles. The lowest BCUT2D eigenvalue weighted by Gasteiger charge is -2.39. The smallest absolute Gasteiger partial charge is 0.341 e. The molecule has 3 aromatic rings. The maximum atomic E-state index is 13.8. The molecule has 0 fully saturated rings. The molecule has 0 bridgehead atoms. The molecule has 0 aliphatic carbocycles. The number of nitrogens with zero attached hydrogens (tertiary/aromatic N) is 1. The summed E-state index contributed by atoms with van der Waals surface area (Å²) in [4.78, 5) is 26.8. The first-order valence-electron chi connectivity index (χ1n) is 11.0. The Kier molecular flexibility index (Phi) is 5.99. The number of carbonyl (C=O) groups excluding carboxylic acids is 1. The number of rotatable bonds is 5. The summed E-state index contributed by atoms with van der Waals surface area (Å²) in [5.74, 6) is -0.0940. The van der Waals surface area contributed by atoms with Crippen LogP contribution in [0.25, 0.3) is 6.08 Å². The van der Waals surface area contributed by atoms with Gasteiger partial charge in [-0.2, -0.15) is 0 Å². The van der Waals surface area contributed by atoms with Gasteiger partial charge in [-0.1, -0.05) is 54.1 Å². The molecule has 1 N–H and O–H groups in total. The Morgan fingerprint density at radius 1 is 1.06 bits per heavy atom. The zero-order valence-corrected chi connectivity index (χ0v) is 19.0. The molecule has 0 aromatic heterocycles. The molecule has 1 amide bonds. The summed E-state index contributed by atoms with van der Waals surface area (Å²) in [6.45, 7) is 0.176. The van der Waals surface area contributed by atoms with Crippen LogP contribution in [0.15, 0.2) is 72.3 Å². The SMILES string of the molecule is O=C(O)COc1ccc(Cl)cc1C1c2ccccc2CCN1C(=O)C1=Cc2ccccc2OC1. The van der Waals surface area contributed by atoms with Gasteiger partial charge in [0, 0.05) is 22.7 Å². The van der Waals surface area contributed by atoms with Crippen LogP contribution in [-0.4, -0.2) is 41.6 Å². The quantitative estimate of drug-likeness (QED) is 0.576. The third kappa shape index (κ3) is 4.24. The summed E-state index contributed by atoms with van der Waals surface area (Å²) in [5.41, 5.74) is 4.14. The number of para-hydroxylation sites is 1. The Balaban J connectivity index is 1.59. The Bertz CT molecular complexity index is 1300. The number of aliphatic carboxylic acids is 1. The van der Waals surface area contributed by atoms with E-state index in [0.29, 0.717) is 34.9 Å². The Morgan fingerprint density at radius 2 is 1.85 bits per heavy atom. The minimum absolute atomic E-state index is 0.141. The first-order chi connectivity index (χ1) is 16.5. The van der Waals surface area contributed by atoms with E-state index in [1.165, 1.54) is 0 Å². The Morgan fingerprint density at radius 3 is 2.71 bits per heavy atom. The molecule has 0 spiro atoms. The summed E-state index contributed by atoms with van der Waals surface area (Å²) in [5, 5.41) is 9.62. The van der Waals surface area contributed by atoms with Gasteiger partial charge in [0.2, 0.25) is 0 Å². The number of benzene rings is 3. The maximum absolute atomic E-state index is 13.8. The van der Waals surface area contributed by atoms with E-state index in [0.717, 1.165) is 22.4 Å². The summed E-state index contributed by atoms with van der Waals surface area (Å²) in [6, 6.07) is 20.1. The van der Waals surface area contributed by atoms with E-state index in [2.05, 4.69) is 0 Å². The lowest BCUT2D eigenvalue weighted by molar-refractivity contribution is -0.139. The zero-order valence-electron chi connectivity index (χ0n) is 18.2. The number of amides is 1. The molecular weight excluding hydrogens is 454 g/mol. The van der Waals surface area contributed by atoms with Crippen molar-refractivity contribution in [3.63, 3.8) is 0 Å². The Labute approximate surface area is 202 Å². The highest BCUT2D eigenvalue weighted by Crippen LogP contribution is 2.41. The largest absolute Gasteiger partial charge is 0.488 e. The lowest BCUT2D eigenvalue weighted by Crippen LogP contribution is -2.42. The molecule has 5 rings (SSSR count). The summed E-state index contributed by atoms with van der Waals surface area (Å²) in [6.07, 6.45) is 2.58. The van der Waals surface area contributed by atoms with E-state index in [9.17, 15) is 9.59 Å². The van der Waals surface area contributed by atoms with Crippen LogP contribution in [0.3, 0.4) is 0 Å². The molecule has 34 heavy (non-hydrogen) atoms. The van der Waals surface area contributed by atoms with Gasteiger partial charge in [0.25, 0.3) is 5.91 Å². The minimum Gasteiger partial charge on any atom is -0.488 e. The lowest BCUT2D eigenvalue weighted by atomic mass is 9.87. The average Bonchev–Trinajstić information content (AvgIpc) is 2.86. The maximum Gasteiger partial charge on any atom is 0.341 e. The number of halogens is 1. The third-order valence-corrected chi connectivity index (χ3v) is 6.30. The fourth-order valence-electron chi connectivity index (χ4n) is 4.55. The molecule has 2 aliphatic rings. The number of carbonyl (C=O) groups is 2. The van der Waals surface area contributed by atoms with Crippen LogP contribution >= 0.6 is 11.6 Å². The van der Waals surface area contributed by atoms with Crippen molar-refractivity contribution in [3.8, 4) is 11.5 Å². The highest BCUT2D eigenvalue weighted by molar-refractivity contribution is 6.30. The van der Waals surface area contributed by atoms with E-state index >= 15 is 0 Å². The second-order valence-electron chi connectivity index (χ2n) is 8.21. The van der Waals surface area contributed by atoms with Crippen molar-refractivity contribution < 1.29 is 24.2 Å². The van der Waals surface area contributed by atoms with Crippen LogP contribution in [0.2, 0.25) is 5.02 Å². The van der Waals surface area contributed by atoms with Gasteiger partial charge in [-0.25, -0.2) is 4.79 Å². The van der Waals surface area contributed by atoms with Gasteiger partial charge in [0.15, 0.2) is 6.61 Å². The average molecular weight is 476 g/mol. The fourth-order valence-corrected chi connectivity index (χ4v) is 4.73. The van der Waals surface area contributed by atoms with Crippen LogP contribution in [0.5, 0.6) is 11.5 Å². The molecule has 3 aromatic carbocycles. The molecule has 0 saturated heterocycles. The molecule has 7 heteroatoms. The van der Waals surface area contributed by atoms with Gasteiger partial charge in [0.05, 0.1) is 11.6 Å². The van der Waals surface area contributed by atoms with Gasteiger partial charge in [-0.05, 0) is 47.9 Å². The fraction of sp³-hybridized carbons (Fsp3) is 0.185. The van der Waals surface area contributed by atoms with E-state index in [1.807, 2.05) is 54.6 Å². The zero-order chi connectivity index (χ0) is 23.7. The standard InChI is InChI=1S/C27H22ClNO5/c28-20-9-10-24(34-16-25(30)31)22(14-20)26-21-7-3-1-5-17(21)11-12-29(26)27(32)19-13-18-6-2-4-8-23(18)33-15-19/h1-10,13-14,26H,11-12,15-16H2,(H,30,31). The van der Waals surface area contributed by atoms with Crippen LogP contribution in [0.4, 0.5) is 0 Å². The van der Waals surface area contributed by atoms with Gasteiger partial charge in [-0.15, -0.1) is 0 Å². The van der Waals surface area contributed by atoms with Crippen LogP contribution in [0, 0.1) is 0 Å². The van der Waals surface area contributed by atoms with Gasteiger partial charge in [0.1, 0.15) is 18.1 Å². The van der Waals surface area contributed by atoms with Gasteiger partial charge in [-0.3, -0.25) is 4.79 Å². The van der Waals surface area contributed by atoms with Crippen molar-refractivity contribution in [2.75, 3.05) is 19.8 Å². The van der Waals surface area contributed by atoms with Gasteiger partial charge >= 0.3 is 5.97 Å². The van der Waals surface area contributed by atoms with Crippen LogP contribution in [0.1, 0.15) is 28.3 Å². The highest BCUT2D eigenvalue weighted by Gasteiger charge is 2.36. The normalized spacial score (nSPS) is 16.6. The molecule has 172 valence electrons. The molecule has 1 unspecified atom stereocenters. The predicted octanol–water partition coefficient (Wildman–Crippen LogP) is 4.75. The molecule has 2 aliphatic heterocycles. The molecule has 1 atom stereocenters. The van der Waals surface area contributed by atoms with Crippen molar-refractivity contribution in [2.45, 2.75) is 12.5 Å². The van der Waals surface area contributed by atoms with E-state index in [1.54, 1.807) is 23.1 Å². The predicted molar refractivity (Wildman–Crippen MR) is 128 cm³/mol. The summed E-state index contributed by atoms with van der Waals surface area (Å²) >= 11 is 6.35. The molecule has 0 radical (unpaired) electrons. The summed E-state index contributed by atoms with van der Waals surface area (Å²) in [7, 11) is 0. The Hall–Kier alpha value is -3.77. The number of ether oxygens (including phenoxy) is 2. The number of carboxylic acid groups (broad SMARTS) is 1. The van der Waals surface area contributed by atoms with Crippen molar-refractivity contribution >= 4 is 29.6 Å².